The molecule has 2 rings (SSSR count). The van der Waals surface area contributed by atoms with Crippen molar-refractivity contribution in [2.45, 2.75) is 6.54 Å². The number of nitrogens with one attached hydrogen (secondary N) is 1. The summed E-state index contributed by atoms with van der Waals surface area (Å²) in [5, 5.41) is 6.83. The zero-order chi connectivity index (χ0) is 12.3. The summed E-state index contributed by atoms with van der Waals surface area (Å²) in [6.07, 6.45) is 3.58. The Morgan fingerprint density at radius 1 is 1.53 bits per heavy atom. The van der Waals surface area contributed by atoms with Gasteiger partial charge in [-0.25, -0.2) is 0 Å². The Bertz CT molecular complexity index is 533. The van der Waals surface area contributed by atoms with Crippen molar-refractivity contribution >= 4 is 11.6 Å². The van der Waals surface area contributed by atoms with Gasteiger partial charge in [0.1, 0.15) is 0 Å². The van der Waals surface area contributed by atoms with Crippen LogP contribution in [0.4, 0.5) is 5.69 Å². The Kier molecular flexibility index (Phi) is 3.09. The van der Waals surface area contributed by atoms with E-state index in [0.717, 1.165) is 5.56 Å². The molecule has 1 aromatic heterocycles. The van der Waals surface area contributed by atoms with Crippen molar-refractivity contribution < 1.29 is 4.79 Å². The molecule has 0 aliphatic rings. The van der Waals surface area contributed by atoms with Crippen LogP contribution in [0.5, 0.6) is 0 Å². The van der Waals surface area contributed by atoms with Crippen molar-refractivity contribution in [1.29, 1.82) is 0 Å². The Hall–Kier alpha value is -2.30. The van der Waals surface area contributed by atoms with Crippen molar-refractivity contribution in [2.24, 2.45) is 7.05 Å². The summed E-state index contributed by atoms with van der Waals surface area (Å²) in [5.74, 6) is -0.138. The topological polar surface area (TPSA) is 72.9 Å². The van der Waals surface area contributed by atoms with E-state index in [-0.39, 0.29) is 5.91 Å². The van der Waals surface area contributed by atoms with Gasteiger partial charge in [0, 0.05) is 36.6 Å². The maximum atomic E-state index is 11.8. The molecule has 0 spiro atoms. The summed E-state index contributed by atoms with van der Waals surface area (Å²) >= 11 is 0. The third-order valence-corrected chi connectivity index (χ3v) is 2.36. The normalized spacial score (nSPS) is 10.2. The second-order valence-corrected chi connectivity index (χ2v) is 3.83. The summed E-state index contributed by atoms with van der Waals surface area (Å²) in [6.45, 7) is 0.460. The number of rotatable bonds is 3. The molecule has 1 aromatic carbocycles. The van der Waals surface area contributed by atoms with Crippen LogP contribution in [0.2, 0.25) is 0 Å². The van der Waals surface area contributed by atoms with Gasteiger partial charge in [0.2, 0.25) is 0 Å². The number of aromatic nitrogens is 2. The van der Waals surface area contributed by atoms with Crippen molar-refractivity contribution in [2.75, 3.05) is 5.73 Å². The van der Waals surface area contributed by atoms with Crippen LogP contribution in [0.1, 0.15) is 15.9 Å². The van der Waals surface area contributed by atoms with E-state index >= 15 is 0 Å². The fourth-order valence-corrected chi connectivity index (χ4v) is 1.53. The summed E-state index contributed by atoms with van der Waals surface area (Å²) < 4.78 is 1.70. The van der Waals surface area contributed by atoms with Crippen LogP contribution < -0.4 is 11.1 Å². The van der Waals surface area contributed by atoms with E-state index in [9.17, 15) is 4.79 Å². The molecule has 3 N–H and O–H groups in total. The predicted octanol–water partition coefficient (Wildman–Crippen LogP) is 0.932. The minimum Gasteiger partial charge on any atom is -0.399 e. The molecule has 0 fully saturated rings. The lowest BCUT2D eigenvalue weighted by atomic mass is 10.2. The SMILES string of the molecule is Cn1cc(CNC(=O)c2cccc(N)c2)cn1. The highest BCUT2D eigenvalue weighted by Crippen LogP contribution is 2.06. The highest BCUT2D eigenvalue weighted by atomic mass is 16.1. The zero-order valence-corrected chi connectivity index (χ0v) is 9.55. The van der Waals surface area contributed by atoms with Crippen LogP contribution >= 0.6 is 0 Å². The molecule has 0 atom stereocenters. The van der Waals surface area contributed by atoms with Gasteiger partial charge in [-0.2, -0.15) is 5.10 Å². The van der Waals surface area contributed by atoms with Crippen molar-refractivity contribution in [3.05, 3.63) is 47.8 Å². The second-order valence-electron chi connectivity index (χ2n) is 3.83. The minimum absolute atomic E-state index is 0.138. The lowest BCUT2D eigenvalue weighted by Crippen LogP contribution is -2.22. The number of carbonyl (C=O) groups excluding carboxylic acids is 1. The van der Waals surface area contributed by atoms with Gasteiger partial charge in [-0.05, 0) is 18.2 Å². The molecule has 0 aliphatic carbocycles. The number of amides is 1. The molecule has 17 heavy (non-hydrogen) atoms. The summed E-state index contributed by atoms with van der Waals surface area (Å²) in [7, 11) is 1.84. The number of nitrogens with two attached hydrogens (primary N) is 1. The molecule has 0 saturated carbocycles. The Balaban J connectivity index is 1.98. The molecule has 5 heteroatoms. The number of benzene rings is 1. The number of hydrogen-bond donors (Lipinski definition) is 2. The van der Waals surface area contributed by atoms with Gasteiger partial charge in [-0.15, -0.1) is 0 Å². The maximum absolute atomic E-state index is 11.8. The molecule has 5 nitrogen and oxygen atoms in total. The van der Waals surface area contributed by atoms with Crippen LogP contribution in [-0.4, -0.2) is 15.7 Å². The number of nitrogens with zero attached hydrogens (tertiary/aromatic N) is 2. The molecule has 0 radical (unpaired) electrons. The number of nitrogen functional groups attached to an aromatic ring is 1. The number of hydrogen-bond acceptors (Lipinski definition) is 3. The lowest BCUT2D eigenvalue weighted by molar-refractivity contribution is 0.0951. The van der Waals surface area contributed by atoms with E-state index in [1.165, 1.54) is 0 Å². The van der Waals surface area contributed by atoms with Crippen LogP contribution in [-0.2, 0) is 13.6 Å². The minimum atomic E-state index is -0.138. The molecule has 88 valence electrons. The van der Waals surface area contributed by atoms with Gasteiger partial charge >= 0.3 is 0 Å². The highest BCUT2D eigenvalue weighted by Gasteiger charge is 2.05. The van der Waals surface area contributed by atoms with Gasteiger partial charge in [0.15, 0.2) is 0 Å². The lowest BCUT2D eigenvalue weighted by Gasteiger charge is -2.04. The molecule has 0 saturated heterocycles. The monoisotopic (exact) mass is 230 g/mol. The number of anilines is 1. The maximum Gasteiger partial charge on any atom is 0.251 e. The van der Waals surface area contributed by atoms with Gasteiger partial charge in [0.05, 0.1) is 6.20 Å². The van der Waals surface area contributed by atoms with Crippen LogP contribution in [0.15, 0.2) is 36.7 Å². The van der Waals surface area contributed by atoms with E-state index < -0.39 is 0 Å². The van der Waals surface area contributed by atoms with Gasteiger partial charge < -0.3 is 11.1 Å². The molecule has 1 heterocycles. The van der Waals surface area contributed by atoms with E-state index in [0.29, 0.717) is 17.8 Å². The molecule has 0 aliphatic heterocycles. The summed E-state index contributed by atoms with van der Waals surface area (Å²) in [4.78, 5) is 11.8. The van der Waals surface area contributed by atoms with Crippen molar-refractivity contribution in [1.82, 2.24) is 15.1 Å². The first-order valence-electron chi connectivity index (χ1n) is 5.26. The third kappa shape index (κ3) is 2.84. The predicted molar refractivity (Wildman–Crippen MR) is 65.2 cm³/mol. The van der Waals surface area contributed by atoms with Crippen LogP contribution in [0.3, 0.4) is 0 Å². The largest absolute Gasteiger partial charge is 0.399 e. The molecule has 0 unspecified atom stereocenters. The molecule has 1 amide bonds. The Morgan fingerprint density at radius 2 is 2.35 bits per heavy atom. The van der Waals surface area contributed by atoms with E-state index in [2.05, 4.69) is 10.4 Å². The Morgan fingerprint density at radius 3 is 3.00 bits per heavy atom. The quantitative estimate of drug-likeness (QED) is 0.770. The van der Waals surface area contributed by atoms with Crippen LogP contribution in [0.25, 0.3) is 0 Å². The fraction of sp³-hybridized carbons (Fsp3) is 0.167. The highest BCUT2D eigenvalue weighted by molar-refractivity contribution is 5.94. The first-order chi connectivity index (χ1) is 8.15. The van der Waals surface area contributed by atoms with Crippen molar-refractivity contribution in [3.8, 4) is 0 Å². The zero-order valence-electron chi connectivity index (χ0n) is 9.55. The first-order valence-corrected chi connectivity index (χ1v) is 5.26. The van der Waals surface area contributed by atoms with E-state index in [4.69, 9.17) is 5.73 Å². The summed E-state index contributed by atoms with van der Waals surface area (Å²) in [6, 6.07) is 6.89. The second kappa shape index (κ2) is 4.69. The number of carbonyl (C=O) groups is 1. The third-order valence-electron chi connectivity index (χ3n) is 2.36. The molecular weight excluding hydrogens is 216 g/mol. The summed E-state index contributed by atoms with van der Waals surface area (Å²) in [5.41, 5.74) is 7.72. The fourth-order valence-electron chi connectivity index (χ4n) is 1.53. The van der Waals surface area contributed by atoms with Gasteiger partial charge in [-0.1, -0.05) is 6.07 Å². The molecular formula is C12H14N4O. The smallest absolute Gasteiger partial charge is 0.251 e. The van der Waals surface area contributed by atoms with Crippen molar-refractivity contribution in [3.63, 3.8) is 0 Å². The average molecular weight is 230 g/mol. The van der Waals surface area contributed by atoms with Crippen LogP contribution in [0, 0.1) is 0 Å². The van der Waals surface area contributed by atoms with E-state index in [1.807, 2.05) is 13.2 Å². The standard InChI is InChI=1S/C12H14N4O/c1-16-8-9(7-15-16)6-14-12(17)10-3-2-4-11(13)5-10/h2-5,7-8H,6,13H2,1H3,(H,14,17). The molecule has 2 aromatic rings. The first kappa shape index (κ1) is 11.2. The number of aryl methyl sites for hydroxylation is 1. The molecule has 0 bridgehead atoms. The van der Waals surface area contributed by atoms with Gasteiger partial charge in [-0.3, -0.25) is 9.48 Å². The van der Waals surface area contributed by atoms with E-state index in [1.54, 1.807) is 35.1 Å². The average Bonchev–Trinajstić information content (AvgIpc) is 2.72. The Labute approximate surface area is 99.2 Å². The van der Waals surface area contributed by atoms with Gasteiger partial charge in [0.25, 0.3) is 5.91 Å².